The number of hydrogen-bond donors (Lipinski definition) is 2. The quantitative estimate of drug-likeness (QED) is 0.731. The number of rotatable bonds is 8. The Labute approximate surface area is 162 Å². The molecule has 0 aliphatic carbocycles. The highest BCUT2D eigenvalue weighted by atomic mass is 16.5. The monoisotopic (exact) mass is 375 g/mol. The number of benzene rings is 1. The second-order valence-electron chi connectivity index (χ2n) is 7.47. The van der Waals surface area contributed by atoms with E-state index in [-0.39, 0.29) is 17.7 Å². The Bertz CT molecular complexity index is 625. The lowest BCUT2D eigenvalue weighted by Gasteiger charge is -2.35. The molecule has 1 aromatic carbocycles. The number of amides is 2. The first-order valence-electron chi connectivity index (χ1n) is 9.91. The molecule has 1 aromatic rings. The van der Waals surface area contributed by atoms with Gasteiger partial charge < -0.3 is 20.3 Å². The zero-order chi connectivity index (χ0) is 19.8. The van der Waals surface area contributed by atoms with Gasteiger partial charge in [0.1, 0.15) is 11.8 Å². The molecule has 1 fully saturated rings. The molecule has 1 aliphatic rings. The Hall–Kier alpha value is -2.08. The molecule has 6 nitrogen and oxygen atoms in total. The van der Waals surface area contributed by atoms with Crippen LogP contribution in [0.5, 0.6) is 5.75 Å². The van der Waals surface area contributed by atoms with Gasteiger partial charge in [-0.15, -0.1) is 0 Å². The second-order valence-corrected chi connectivity index (χ2v) is 7.47. The predicted molar refractivity (Wildman–Crippen MR) is 107 cm³/mol. The van der Waals surface area contributed by atoms with Gasteiger partial charge in [-0.2, -0.15) is 0 Å². The summed E-state index contributed by atoms with van der Waals surface area (Å²) in [6.45, 7) is 9.52. The zero-order valence-electron chi connectivity index (χ0n) is 17.0. The summed E-state index contributed by atoms with van der Waals surface area (Å²) >= 11 is 0. The Balaban J connectivity index is 2.00. The van der Waals surface area contributed by atoms with E-state index in [1.165, 1.54) is 7.11 Å². The molecule has 1 atom stereocenters. The standard InChI is InChI=1S/C21H33N3O3/c1-5-22-14-16-10-12-24(13-11-16)21(26)19(15(2)3)23-20(25)17-8-6-7-9-18(17)27-4/h6-9,15-16,19,22H,5,10-14H2,1-4H3,(H,23,25). The van der Waals surface area contributed by atoms with Crippen molar-refractivity contribution in [1.29, 1.82) is 0 Å². The largest absolute Gasteiger partial charge is 0.496 e. The number of methoxy groups -OCH3 is 1. The van der Waals surface area contributed by atoms with Crippen molar-refractivity contribution in [3.05, 3.63) is 29.8 Å². The number of piperidine rings is 1. The van der Waals surface area contributed by atoms with Gasteiger partial charge in [-0.3, -0.25) is 9.59 Å². The molecule has 0 bridgehead atoms. The third kappa shape index (κ3) is 5.70. The van der Waals surface area contributed by atoms with Crippen LogP contribution in [0.2, 0.25) is 0 Å². The molecule has 150 valence electrons. The minimum atomic E-state index is -0.535. The first-order valence-corrected chi connectivity index (χ1v) is 9.91. The average Bonchev–Trinajstić information content (AvgIpc) is 2.69. The predicted octanol–water partition coefficient (Wildman–Crippen LogP) is 2.30. The summed E-state index contributed by atoms with van der Waals surface area (Å²) in [4.78, 5) is 27.7. The van der Waals surface area contributed by atoms with Crippen molar-refractivity contribution < 1.29 is 14.3 Å². The number of ether oxygens (including phenoxy) is 1. The summed E-state index contributed by atoms with van der Waals surface area (Å²) in [5, 5.41) is 6.31. The van der Waals surface area contributed by atoms with Gasteiger partial charge >= 0.3 is 0 Å². The summed E-state index contributed by atoms with van der Waals surface area (Å²) in [5.41, 5.74) is 0.447. The number of likely N-dealkylation sites (tertiary alicyclic amines) is 1. The van der Waals surface area contributed by atoms with Gasteiger partial charge in [0.05, 0.1) is 12.7 Å². The van der Waals surface area contributed by atoms with E-state index in [1.54, 1.807) is 18.2 Å². The topological polar surface area (TPSA) is 70.7 Å². The average molecular weight is 376 g/mol. The lowest BCUT2D eigenvalue weighted by atomic mass is 9.95. The van der Waals surface area contributed by atoms with Gasteiger partial charge in [-0.1, -0.05) is 32.9 Å². The molecular formula is C21H33N3O3. The third-order valence-corrected chi connectivity index (χ3v) is 5.18. The van der Waals surface area contributed by atoms with Crippen molar-refractivity contribution in [1.82, 2.24) is 15.5 Å². The van der Waals surface area contributed by atoms with Gasteiger partial charge in [0.15, 0.2) is 0 Å². The molecule has 0 aromatic heterocycles. The smallest absolute Gasteiger partial charge is 0.255 e. The maximum atomic E-state index is 13.0. The fraction of sp³-hybridized carbons (Fsp3) is 0.619. The van der Waals surface area contributed by atoms with Crippen molar-refractivity contribution in [3.63, 3.8) is 0 Å². The van der Waals surface area contributed by atoms with E-state index in [0.717, 1.165) is 39.0 Å². The van der Waals surface area contributed by atoms with E-state index in [9.17, 15) is 9.59 Å². The number of nitrogens with one attached hydrogen (secondary N) is 2. The Kier molecular flexibility index (Phi) is 8.10. The van der Waals surface area contributed by atoms with E-state index in [4.69, 9.17) is 4.74 Å². The van der Waals surface area contributed by atoms with Gasteiger partial charge in [0.2, 0.25) is 5.91 Å². The van der Waals surface area contributed by atoms with Crippen molar-refractivity contribution in [2.45, 2.75) is 39.7 Å². The van der Waals surface area contributed by atoms with E-state index >= 15 is 0 Å². The molecule has 1 aliphatic heterocycles. The molecule has 2 amide bonds. The minimum Gasteiger partial charge on any atom is -0.496 e. The Morgan fingerprint density at radius 3 is 2.48 bits per heavy atom. The number of hydrogen-bond acceptors (Lipinski definition) is 4. The SMILES string of the molecule is CCNCC1CCN(C(=O)C(NC(=O)c2ccccc2OC)C(C)C)CC1. The molecule has 27 heavy (non-hydrogen) atoms. The van der Waals surface area contributed by atoms with E-state index < -0.39 is 6.04 Å². The fourth-order valence-electron chi connectivity index (χ4n) is 3.47. The fourth-order valence-corrected chi connectivity index (χ4v) is 3.47. The zero-order valence-corrected chi connectivity index (χ0v) is 17.0. The van der Waals surface area contributed by atoms with Crippen LogP contribution in [0, 0.1) is 11.8 Å². The molecule has 6 heteroatoms. The Morgan fingerprint density at radius 2 is 1.89 bits per heavy atom. The molecule has 0 spiro atoms. The van der Waals surface area contributed by atoms with Gasteiger partial charge in [0.25, 0.3) is 5.91 Å². The number of nitrogens with zero attached hydrogens (tertiary/aromatic N) is 1. The molecule has 2 rings (SSSR count). The van der Waals surface area contributed by atoms with Crippen molar-refractivity contribution in [3.8, 4) is 5.75 Å². The maximum Gasteiger partial charge on any atom is 0.255 e. The van der Waals surface area contributed by atoms with E-state index in [2.05, 4.69) is 17.6 Å². The van der Waals surface area contributed by atoms with Gasteiger partial charge in [0, 0.05) is 13.1 Å². The highest BCUT2D eigenvalue weighted by Crippen LogP contribution is 2.20. The summed E-state index contributed by atoms with van der Waals surface area (Å²) in [5.74, 6) is 0.871. The first-order chi connectivity index (χ1) is 13.0. The van der Waals surface area contributed by atoms with E-state index in [0.29, 0.717) is 17.2 Å². The molecule has 1 saturated heterocycles. The normalized spacial score (nSPS) is 16.3. The molecule has 1 unspecified atom stereocenters. The first kappa shape index (κ1) is 21.2. The highest BCUT2D eigenvalue weighted by Gasteiger charge is 2.31. The van der Waals surface area contributed by atoms with Crippen LogP contribution < -0.4 is 15.4 Å². The maximum absolute atomic E-state index is 13.0. The molecule has 0 saturated carbocycles. The molecule has 0 radical (unpaired) electrons. The van der Waals surface area contributed by atoms with Crippen LogP contribution >= 0.6 is 0 Å². The third-order valence-electron chi connectivity index (χ3n) is 5.18. The number of carbonyl (C=O) groups excluding carboxylic acids is 2. The van der Waals surface area contributed by atoms with Crippen LogP contribution in [0.1, 0.15) is 44.0 Å². The van der Waals surface area contributed by atoms with Crippen LogP contribution in [0.3, 0.4) is 0 Å². The summed E-state index contributed by atoms with van der Waals surface area (Å²) in [6.07, 6.45) is 2.01. The summed E-state index contributed by atoms with van der Waals surface area (Å²) < 4.78 is 5.27. The lowest BCUT2D eigenvalue weighted by molar-refractivity contribution is -0.135. The van der Waals surface area contributed by atoms with Crippen LogP contribution in [-0.2, 0) is 4.79 Å². The van der Waals surface area contributed by atoms with Gasteiger partial charge in [-0.05, 0) is 49.9 Å². The molecular weight excluding hydrogens is 342 g/mol. The summed E-state index contributed by atoms with van der Waals surface area (Å²) in [7, 11) is 1.54. The highest BCUT2D eigenvalue weighted by molar-refractivity contribution is 5.99. The van der Waals surface area contributed by atoms with Crippen molar-refractivity contribution in [2.24, 2.45) is 11.8 Å². The summed E-state index contributed by atoms with van der Waals surface area (Å²) in [6, 6.07) is 6.53. The second kappa shape index (κ2) is 10.3. The number of para-hydroxylation sites is 1. The van der Waals surface area contributed by atoms with Crippen LogP contribution in [0.4, 0.5) is 0 Å². The van der Waals surface area contributed by atoms with Crippen LogP contribution in [0.25, 0.3) is 0 Å². The van der Waals surface area contributed by atoms with Crippen LogP contribution in [0.15, 0.2) is 24.3 Å². The van der Waals surface area contributed by atoms with E-state index in [1.807, 2.05) is 24.8 Å². The van der Waals surface area contributed by atoms with Crippen molar-refractivity contribution >= 4 is 11.8 Å². The van der Waals surface area contributed by atoms with Crippen molar-refractivity contribution in [2.75, 3.05) is 33.3 Å². The van der Waals surface area contributed by atoms with Crippen LogP contribution in [-0.4, -0.2) is 56.0 Å². The molecule has 2 N–H and O–H groups in total. The molecule has 1 heterocycles. The van der Waals surface area contributed by atoms with Gasteiger partial charge in [-0.25, -0.2) is 0 Å². The lowest BCUT2D eigenvalue weighted by Crippen LogP contribution is -2.53. The Morgan fingerprint density at radius 1 is 1.22 bits per heavy atom. The minimum absolute atomic E-state index is 0.00940. The number of carbonyl (C=O) groups is 2.